The van der Waals surface area contributed by atoms with Crippen LogP contribution in [0.2, 0.25) is 0 Å². The highest BCUT2D eigenvalue weighted by Gasteiger charge is 1.89. The molecule has 2 heteroatoms. The lowest BCUT2D eigenvalue weighted by molar-refractivity contribution is 0.404. The molecule has 0 aromatic rings. The predicted molar refractivity (Wildman–Crippen MR) is 33.8 cm³/mol. The summed E-state index contributed by atoms with van der Waals surface area (Å²) in [5.74, 6) is 0.748. The van der Waals surface area contributed by atoms with Gasteiger partial charge in [-0.15, -0.1) is 0 Å². The minimum atomic E-state index is 0.628. The van der Waals surface area contributed by atoms with E-state index in [1.165, 1.54) is 6.61 Å². The lowest BCUT2D eigenvalue weighted by atomic mass is 10.6. The normalized spacial score (nSPS) is 10.3. The molecule has 7 heavy (non-hydrogen) atoms. The first-order chi connectivity index (χ1) is 3.27. The number of aliphatic hydroxyl groups excluding tert-OH is 1. The second-order valence-corrected chi connectivity index (χ2v) is 3.17. The maximum atomic E-state index is 8.17. The summed E-state index contributed by atoms with van der Waals surface area (Å²) in [4.78, 5) is 0. The van der Waals surface area contributed by atoms with Gasteiger partial charge in [0.2, 0.25) is 0 Å². The molecule has 0 amide bonds. The molecule has 0 bridgehead atoms. The minimum Gasteiger partial charge on any atom is -0.390 e. The van der Waals surface area contributed by atoms with E-state index < -0.39 is 0 Å². The Hall–Kier alpha value is 0.310. The van der Waals surface area contributed by atoms with E-state index in [4.69, 9.17) is 5.11 Å². The van der Waals surface area contributed by atoms with Crippen molar-refractivity contribution < 1.29 is 5.11 Å². The number of hydrogen-bond donors (Lipinski definition) is 1. The van der Waals surface area contributed by atoms with E-state index in [0.717, 1.165) is 5.75 Å². The smallest absolute Gasteiger partial charge is 0.0897 e. The SMILES string of the molecule is CC(C)SC[CH]O. The molecule has 0 saturated heterocycles. The molecular weight excluding hydrogens is 108 g/mol. The third-order valence-corrected chi connectivity index (χ3v) is 1.51. The molecule has 0 unspecified atom stereocenters. The summed E-state index contributed by atoms with van der Waals surface area (Å²) in [5, 5.41) is 8.80. The van der Waals surface area contributed by atoms with Gasteiger partial charge in [0.15, 0.2) is 0 Å². The summed E-state index contributed by atoms with van der Waals surface area (Å²) >= 11 is 1.73. The van der Waals surface area contributed by atoms with Gasteiger partial charge in [0.25, 0.3) is 0 Å². The molecule has 0 fully saturated rings. The highest BCUT2D eigenvalue weighted by atomic mass is 32.2. The Morgan fingerprint density at radius 3 is 2.43 bits per heavy atom. The molecule has 0 saturated carbocycles. The van der Waals surface area contributed by atoms with Gasteiger partial charge >= 0.3 is 0 Å². The molecule has 0 rings (SSSR count). The van der Waals surface area contributed by atoms with Crippen LogP contribution in [0.5, 0.6) is 0 Å². The Labute approximate surface area is 49.1 Å². The zero-order valence-corrected chi connectivity index (χ0v) is 5.53. The average molecular weight is 119 g/mol. The van der Waals surface area contributed by atoms with Crippen molar-refractivity contribution in [3.63, 3.8) is 0 Å². The average Bonchev–Trinajstić information content (AvgIpc) is 1.61. The highest BCUT2D eigenvalue weighted by molar-refractivity contribution is 7.99. The molecule has 0 aliphatic carbocycles. The molecule has 1 N–H and O–H groups in total. The second kappa shape index (κ2) is 4.47. The van der Waals surface area contributed by atoms with Gasteiger partial charge in [0.05, 0.1) is 6.61 Å². The van der Waals surface area contributed by atoms with Crippen LogP contribution in [0.15, 0.2) is 0 Å². The largest absolute Gasteiger partial charge is 0.390 e. The summed E-state index contributed by atoms with van der Waals surface area (Å²) < 4.78 is 0. The summed E-state index contributed by atoms with van der Waals surface area (Å²) in [6.45, 7) is 5.40. The van der Waals surface area contributed by atoms with Crippen molar-refractivity contribution >= 4 is 11.8 Å². The van der Waals surface area contributed by atoms with Crippen molar-refractivity contribution in [1.82, 2.24) is 0 Å². The maximum absolute atomic E-state index is 8.17. The summed E-state index contributed by atoms with van der Waals surface area (Å²) in [7, 11) is 0. The van der Waals surface area contributed by atoms with Gasteiger partial charge in [-0.3, -0.25) is 0 Å². The Bertz CT molecular complexity index is 37.1. The first-order valence-corrected chi connectivity index (χ1v) is 3.39. The Morgan fingerprint density at radius 2 is 2.29 bits per heavy atom. The molecule has 1 nitrogen and oxygen atoms in total. The molecule has 43 valence electrons. The van der Waals surface area contributed by atoms with Crippen LogP contribution in [0.25, 0.3) is 0 Å². The predicted octanol–water partition coefficient (Wildman–Crippen LogP) is 1.66. The fourth-order valence-corrected chi connectivity index (χ4v) is 0.706. The Balaban J connectivity index is 2.68. The van der Waals surface area contributed by atoms with Crippen LogP contribution in [-0.4, -0.2) is 16.1 Å². The van der Waals surface area contributed by atoms with Gasteiger partial charge in [-0.25, -0.2) is 0 Å². The van der Waals surface area contributed by atoms with Crippen LogP contribution in [0, 0.1) is 6.61 Å². The standard InChI is InChI=1S/C5H11OS/c1-5(2)7-4-3-6/h3,5-6H,4H2,1-2H3. The van der Waals surface area contributed by atoms with E-state index in [9.17, 15) is 0 Å². The van der Waals surface area contributed by atoms with Crippen molar-refractivity contribution in [2.24, 2.45) is 0 Å². The zero-order valence-electron chi connectivity index (χ0n) is 4.72. The zero-order chi connectivity index (χ0) is 5.70. The maximum Gasteiger partial charge on any atom is 0.0897 e. The number of rotatable bonds is 3. The summed E-state index contributed by atoms with van der Waals surface area (Å²) in [6, 6.07) is 0. The summed E-state index contributed by atoms with van der Waals surface area (Å²) in [5.41, 5.74) is 0. The lowest BCUT2D eigenvalue weighted by Crippen LogP contribution is -1.88. The minimum absolute atomic E-state index is 0.628. The fraction of sp³-hybridized carbons (Fsp3) is 0.800. The Kier molecular flexibility index (Phi) is 4.67. The van der Waals surface area contributed by atoms with Crippen LogP contribution >= 0.6 is 11.8 Å². The molecule has 0 aliphatic heterocycles. The molecular formula is C5H11OS. The molecule has 1 radical (unpaired) electrons. The molecule has 0 spiro atoms. The molecule has 0 aliphatic rings. The number of hydrogen-bond acceptors (Lipinski definition) is 2. The quantitative estimate of drug-likeness (QED) is 0.609. The summed E-state index contributed by atoms with van der Waals surface area (Å²) in [6.07, 6.45) is 0. The number of thioether (sulfide) groups is 1. The highest BCUT2D eigenvalue weighted by Crippen LogP contribution is 2.07. The van der Waals surface area contributed by atoms with Crippen molar-refractivity contribution in [3.8, 4) is 0 Å². The van der Waals surface area contributed by atoms with Crippen LogP contribution in [0.3, 0.4) is 0 Å². The molecule has 0 aromatic heterocycles. The van der Waals surface area contributed by atoms with Crippen LogP contribution in [-0.2, 0) is 0 Å². The van der Waals surface area contributed by atoms with Gasteiger partial charge in [-0.2, -0.15) is 11.8 Å². The fourth-order valence-electron chi connectivity index (χ4n) is 0.235. The lowest BCUT2D eigenvalue weighted by Gasteiger charge is -1.98. The van der Waals surface area contributed by atoms with Crippen LogP contribution in [0.4, 0.5) is 0 Å². The third kappa shape index (κ3) is 6.31. The third-order valence-electron chi connectivity index (χ3n) is 0.504. The van der Waals surface area contributed by atoms with Gasteiger partial charge in [-0.1, -0.05) is 13.8 Å². The van der Waals surface area contributed by atoms with E-state index in [2.05, 4.69) is 13.8 Å². The van der Waals surface area contributed by atoms with Gasteiger partial charge in [0, 0.05) is 5.75 Å². The number of aliphatic hydroxyl groups is 1. The van der Waals surface area contributed by atoms with E-state index >= 15 is 0 Å². The first kappa shape index (κ1) is 7.31. The van der Waals surface area contributed by atoms with E-state index in [1.807, 2.05) is 0 Å². The Morgan fingerprint density at radius 1 is 1.71 bits per heavy atom. The van der Waals surface area contributed by atoms with Gasteiger partial charge in [-0.05, 0) is 5.25 Å². The van der Waals surface area contributed by atoms with Gasteiger partial charge < -0.3 is 5.11 Å². The van der Waals surface area contributed by atoms with Crippen molar-refractivity contribution in [3.05, 3.63) is 6.61 Å². The van der Waals surface area contributed by atoms with Gasteiger partial charge in [0.1, 0.15) is 0 Å². The molecule has 0 heterocycles. The monoisotopic (exact) mass is 119 g/mol. The first-order valence-electron chi connectivity index (χ1n) is 2.35. The van der Waals surface area contributed by atoms with Crippen LogP contribution < -0.4 is 0 Å². The van der Waals surface area contributed by atoms with Crippen molar-refractivity contribution in [2.75, 3.05) is 5.75 Å². The van der Waals surface area contributed by atoms with Crippen LogP contribution in [0.1, 0.15) is 13.8 Å². The molecule has 0 aromatic carbocycles. The van der Waals surface area contributed by atoms with Crippen molar-refractivity contribution in [2.45, 2.75) is 19.1 Å². The van der Waals surface area contributed by atoms with E-state index in [0.29, 0.717) is 5.25 Å². The molecule has 0 atom stereocenters. The van der Waals surface area contributed by atoms with E-state index in [-0.39, 0.29) is 0 Å². The second-order valence-electron chi connectivity index (χ2n) is 1.56. The van der Waals surface area contributed by atoms with Crippen molar-refractivity contribution in [1.29, 1.82) is 0 Å². The topological polar surface area (TPSA) is 20.2 Å². The van der Waals surface area contributed by atoms with E-state index in [1.54, 1.807) is 11.8 Å².